The van der Waals surface area contributed by atoms with Gasteiger partial charge in [0.25, 0.3) is 5.91 Å². The lowest BCUT2D eigenvalue weighted by Crippen LogP contribution is -2.26. The van der Waals surface area contributed by atoms with E-state index in [2.05, 4.69) is 10.2 Å². The molecule has 2 rings (SSSR count). The minimum atomic E-state index is -0.0201. The molecule has 0 N–H and O–H groups in total. The molecule has 108 valence electrons. The smallest absolute Gasteiger partial charge is 0.257 e. The summed E-state index contributed by atoms with van der Waals surface area (Å²) in [7, 11) is 1.79. The van der Waals surface area contributed by atoms with Gasteiger partial charge in [-0.25, -0.2) is 0 Å². The van der Waals surface area contributed by atoms with Gasteiger partial charge in [-0.05, 0) is 26.8 Å². The lowest BCUT2D eigenvalue weighted by Gasteiger charge is -2.15. The van der Waals surface area contributed by atoms with Crippen molar-refractivity contribution in [2.45, 2.75) is 40.4 Å². The number of aromatic nitrogens is 4. The number of rotatable bonds is 5. The molecule has 0 aliphatic carbocycles. The molecule has 0 spiro atoms. The van der Waals surface area contributed by atoms with Crippen LogP contribution in [0.5, 0.6) is 0 Å². The topological polar surface area (TPSA) is 56.0 Å². The van der Waals surface area contributed by atoms with E-state index in [-0.39, 0.29) is 5.91 Å². The summed E-state index contributed by atoms with van der Waals surface area (Å²) in [5.74, 6) is -0.0201. The minimum absolute atomic E-state index is 0.0201. The third-order valence-electron chi connectivity index (χ3n) is 3.27. The number of hydrogen-bond acceptors (Lipinski definition) is 3. The molecular formula is C14H21N5O. The Morgan fingerprint density at radius 2 is 1.95 bits per heavy atom. The summed E-state index contributed by atoms with van der Waals surface area (Å²) in [6.45, 7) is 8.00. The highest BCUT2D eigenvalue weighted by atomic mass is 16.2. The van der Waals surface area contributed by atoms with Crippen molar-refractivity contribution in [3.63, 3.8) is 0 Å². The Balaban J connectivity index is 2.09. The van der Waals surface area contributed by atoms with Gasteiger partial charge in [0.2, 0.25) is 0 Å². The largest absolute Gasteiger partial charge is 0.336 e. The van der Waals surface area contributed by atoms with E-state index >= 15 is 0 Å². The fourth-order valence-corrected chi connectivity index (χ4v) is 2.07. The first-order chi connectivity index (χ1) is 9.55. The Morgan fingerprint density at radius 1 is 1.25 bits per heavy atom. The van der Waals surface area contributed by atoms with Crippen LogP contribution in [0.25, 0.3) is 0 Å². The van der Waals surface area contributed by atoms with Crippen LogP contribution in [0, 0.1) is 6.92 Å². The van der Waals surface area contributed by atoms with Gasteiger partial charge in [-0.15, -0.1) is 0 Å². The van der Waals surface area contributed by atoms with Crippen molar-refractivity contribution in [3.8, 4) is 0 Å². The zero-order valence-corrected chi connectivity index (χ0v) is 12.5. The molecule has 20 heavy (non-hydrogen) atoms. The second-order valence-electron chi connectivity index (χ2n) is 4.81. The van der Waals surface area contributed by atoms with E-state index < -0.39 is 0 Å². The minimum Gasteiger partial charge on any atom is -0.336 e. The number of nitrogens with zero attached hydrogens (tertiary/aromatic N) is 5. The van der Waals surface area contributed by atoms with Gasteiger partial charge < -0.3 is 4.90 Å². The molecule has 2 aromatic heterocycles. The third kappa shape index (κ3) is 2.89. The van der Waals surface area contributed by atoms with Crippen molar-refractivity contribution >= 4 is 5.91 Å². The highest BCUT2D eigenvalue weighted by Gasteiger charge is 2.18. The lowest BCUT2D eigenvalue weighted by atomic mass is 10.2. The van der Waals surface area contributed by atoms with Crippen LogP contribution in [0.2, 0.25) is 0 Å². The fraction of sp³-hybridized carbons (Fsp3) is 0.500. The molecule has 2 aromatic rings. The van der Waals surface area contributed by atoms with Gasteiger partial charge in [-0.3, -0.25) is 14.2 Å². The highest BCUT2D eigenvalue weighted by molar-refractivity contribution is 5.94. The average molecular weight is 275 g/mol. The first kappa shape index (κ1) is 14.3. The summed E-state index contributed by atoms with van der Waals surface area (Å²) in [5, 5.41) is 8.70. The molecule has 0 bridgehead atoms. The Labute approximate surface area is 119 Å². The molecule has 6 heteroatoms. The molecule has 0 fully saturated rings. The molecule has 1 amide bonds. The predicted octanol–water partition coefficient (Wildman–Crippen LogP) is 1.70. The Bertz CT molecular complexity index is 598. The summed E-state index contributed by atoms with van der Waals surface area (Å²) >= 11 is 0. The van der Waals surface area contributed by atoms with E-state index in [0.29, 0.717) is 12.1 Å². The molecule has 0 radical (unpaired) electrons. The molecule has 0 unspecified atom stereocenters. The van der Waals surface area contributed by atoms with Crippen LogP contribution >= 0.6 is 0 Å². The van der Waals surface area contributed by atoms with Gasteiger partial charge in [-0.1, -0.05) is 0 Å². The maximum Gasteiger partial charge on any atom is 0.257 e. The van der Waals surface area contributed by atoms with E-state index in [4.69, 9.17) is 0 Å². The molecular weight excluding hydrogens is 254 g/mol. The quantitative estimate of drug-likeness (QED) is 0.834. The number of amides is 1. The molecule has 0 aliphatic heterocycles. The van der Waals surface area contributed by atoms with Gasteiger partial charge in [0, 0.05) is 32.5 Å². The zero-order valence-electron chi connectivity index (χ0n) is 12.5. The van der Waals surface area contributed by atoms with Crippen LogP contribution < -0.4 is 0 Å². The average Bonchev–Trinajstić information content (AvgIpc) is 3.04. The van der Waals surface area contributed by atoms with Crippen molar-refractivity contribution < 1.29 is 4.79 Å². The van der Waals surface area contributed by atoms with Gasteiger partial charge in [0.1, 0.15) is 0 Å². The van der Waals surface area contributed by atoms with Gasteiger partial charge in [0.05, 0.1) is 23.5 Å². The molecule has 0 saturated heterocycles. The molecule has 0 aliphatic rings. The summed E-state index contributed by atoms with van der Waals surface area (Å²) in [6, 6.07) is 1.94. The number of carbonyl (C=O) groups is 1. The van der Waals surface area contributed by atoms with E-state index in [9.17, 15) is 4.79 Å². The predicted molar refractivity (Wildman–Crippen MR) is 76.3 cm³/mol. The summed E-state index contributed by atoms with van der Waals surface area (Å²) in [4.78, 5) is 14.1. The van der Waals surface area contributed by atoms with Crippen molar-refractivity contribution in [2.75, 3.05) is 7.05 Å². The van der Waals surface area contributed by atoms with Crippen LogP contribution in [-0.2, 0) is 19.6 Å². The second kappa shape index (κ2) is 5.90. The zero-order chi connectivity index (χ0) is 14.7. The highest BCUT2D eigenvalue weighted by Crippen LogP contribution is 2.11. The second-order valence-corrected chi connectivity index (χ2v) is 4.81. The van der Waals surface area contributed by atoms with Crippen molar-refractivity contribution in [2.24, 2.45) is 0 Å². The summed E-state index contributed by atoms with van der Waals surface area (Å²) in [5.41, 5.74) is 2.32. The van der Waals surface area contributed by atoms with Crippen molar-refractivity contribution in [1.82, 2.24) is 24.5 Å². The van der Waals surface area contributed by atoms with Gasteiger partial charge in [0.15, 0.2) is 0 Å². The maximum atomic E-state index is 12.4. The molecule has 2 heterocycles. The van der Waals surface area contributed by atoms with Crippen molar-refractivity contribution in [1.29, 1.82) is 0 Å². The maximum absolute atomic E-state index is 12.4. The van der Waals surface area contributed by atoms with Crippen LogP contribution in [-0.4, -0.2) is 37.4 Å². The number of hydrogen-bond donors (Lipinski definition) is 0. The summed E-state index contributed by atoms with van der Waals surface area (Å²) in [6.07, 6.45) is 3.73. The lowest BCUT2D eigenvalue weighted by molar-refractivity contribution is 0.0782. The van der Waals surface area contributed by atoms with E-state index in [1.54, 1.807) is 22.8 Å². The van der Waals surface area contributed by atoms with Crippen LogP contribution in [0.1, 0.15) is 35.6 Å². The van der Waals surface area contributed by atoms with E-state index in [1.807, 2.05) is 37.7 Å². The fourth-order valence-electron chi connectivity index (χ4n) is 2.07. The molecule has 0 saturated carbocycles. The van der Waals surface area contributed by atoms with Crippen molar-refractivity contribution in [3.05, 3.63) is 35.4 Å². The van der Waals surface area contributed by atoms with E-state index in [0.717, 1.165) is 24.5 Å². The Kier molecular flexibility index (Phi) is 4.22. The van der Waals surface area contributed by atoms with E-state index in [1.165, 1.54) is 0 Å². The van der Waals surface area contributed by atoms with Gasteiger partial charge >= 0.3 is 0 Å². The Morgan fingerprint density at radius 3 is 2.50 bits per heavy atom. The number of aryl methyl sites for hydroxylation is 3. The first-order valence-corrected chi connectivity index (χ1v) is 6.87. The van der Waals surface area contributed by atoms with Crippen LogP contribution in [0.3, 0.4) is 0 Å². The van der Waals surface area contributed by atoms with Crippen LogP contribution in [0.15, 0.2) is 18.5 Å². The third-order valence-corrected chi connectivity index (χ3v) is 3.27. The van der Waals surface area contributed by atoms with Gasteiger partial charge in [-0.2, -0.15) is 10.2 Å². The van der Waals surface area contributed by atoms with Crippen LogP contribution in [0.4, 0.5) is 0 Å². The SMILES string of the molecule is CCn1ccc(CN(C)C(=O)c2cn(CC)nc2C)n1. The standard InChI is InChI=1S/C14H21N5O/c1-5-18-8-7-12(16-18)9-17(4)14(20)13-10-19(6-2)15-11(13)3/h7-8,10H,5-6,9H2,1-4H3. The first-order valence-electron chi connectivity index (χ1n) is 6.87. The number of carbonyl (C=O) groups excluding carboxylic acids is 1. The normalized spacial score (nSPS) is 10.8. The molecule has 0 atom stereocenters. The Hall–Kier alpha value is -2.11. The monoisotopic (exact) mass is 275 g/mol. The molecule has 0 aromatic carbocycles. The molecule has 6 nitrogen and oxygen atoms in total. The summed E-state index contributed by atoms with van der Waals surface area (Å²) < 4.78 is 3.64.